The minimum absolute atomic E-state index is 0.168. The maximum absolute atomic E-state index is 11.3. The molecule has 0 saturated carbocycles. The van der Waals surface area contributed by atoms with E-state index in [-0.39, 0.29) is 5.92 Å². The predicted molar refractivity (Wildman–Crippen MR) is 43.6 cm³/mol. The molecule has 0 atom stereocenters. The van der Waals surface area contributed by atoms with Crippen molar-refractivity contribution in [1.29, 1.82) is 0 Å². The van der Waals surface area contributed by atoms with Crippen LogP contribution in [0.1, 0.15) is 29.4 Å². The minimum atomic E-state index is -2.49. The van der Waals surface area contributed by atoms with Gasteiger partial charge in [-0.3, -0.25) is 4.79 Å². The molecule has 0 spiro atoms. The molecule has 11 heavy (non-hydrogen) atoms. The first kappa shape index (κ1) is 4.70. The van der Waals surface area contributed by atoms with Gasteiger partial charge in [0.05, 0.1) is 6.20 Å². The van der Waals surface area contributed by atoms with Gasteiger partial charge >= 0.3 is 0 Å². The lowest BCUT2D eigenvalue weighted by atomic mass is 10.1. The van der Waals surface area contributed by atoms with Crippen LogP contribution in [0, 0.1) is 0 Å². The Morgan fingerprint density at radius 2 is 2.45 bits per heavy atom. The molecule has 0 unspecified atom stereocenters. The van der Waals surface area contributed by atoms with Crippen molar-refractivity contribution < 1.29 is 4.11 Å². The number of aromatic nitrogens is 2. The molecular weight excluding hydrogens is 140 g/mol. The number of nitrogens with zero attached hydrogens (tertiary/aromatic N) is 2. The lowest BCUT2D eigenvalue weighted by Crippen LogP contribution is -2.19. The first-order chi connectivity index (χ1) is 6.32. The van der Waals surface area contributed by atoms with Crippen LogP contribution in [0.5, 0.6) is 0 Å². The first-order valence-corrected chi connectivity index (χ1v) is 3.42. The van der Waals surface area contributed by atoms with Gasteiger partial charge in [0, 0.05) is 17.2 Å². The number of hydrogen-bond acceptors (Lipinski definition) is 2. The van der Waals surface area contributed by atoms with E-state index in [0.717, 1.165) is 5.56 Å². The van der Waals surface area contributed by atoms with E-state index in [4.69, 9.17) is 4.11 Å². The largest absolute Gasteiger partial charge is 0.268 e. The molecule has 1 heterocycles. The Morgan fingerprint density at radius 1 is 1.73 bits per heavy atom. The third kappa shape index (κ3) is 1.67. The molecule has 60 valence electrons. The van der Waals surface area contributed by atoms with Gasteiger partial charge in [0.25, 0.3) is 5.56 Å². The van der Waals surface area contributed by atoms with Gasteiger partial charge in [0.15, 0.2) is 0 Å². The molecule has 0 radical (unpaired) electrons. The van der Waals surface area contributed by atoms with Crippen LogP contribution in [-0.2, 0) is 6.98 Å². The van der Waals surface area contributed by atoms with Crippen molar-refractivity contribution >= 4 is 0 Å². The highest BCUT2D eigenvalue weighted by Gasteiger charge is 2.00. The summed E-state index contributed by atoms with van der Waals surface area (Å²) >= 11 is 0. The normalized spacial score (nSPS) is 15.7. The smallest absolute Gasteiger partial charge is 0.266 e. The Kier molecular flexibility index (Phi) is 1.22. The molecule has 3 nitrogen and oxygen atoms in total. The van der Waals surface area contributed by atoms with E-state index in [2.05, 4.69) is 5.10 Å². The Labute approximate surface area is 69.9 Å². The van der Waals surface area contributed by atoms with Gasteiger partial charge in [-0.25, -0.2) is 4.68 Å². The summed E-state index contributed by atoms with van der Waals surface area (Å²) in [4.78, 5) is 11.3. The molecule has 1 rings (SSSR count). The maximum atomic E-state index is 11.3. The minimum Gasteiger partial charge on any atom is -0.268 e. The summed E-state index contributed by atoms with van der Waals surface area (Å²) in [5.41, 5.74) is 0.159. The maximum Gasteiger partial charge on any atom is 0.266 e. The Morgan fingerprint density at radius 3 is 2.91 bits per heavy atom. The Balaban J connectivity index is 3.22. The summed E-state index contributed by atoms with van der Waals surface area (Å²) < 4.78 is 21.6. The fourth-order valence-electron chi connectivity index (χ4n) is 0.738. The van der Waals surface area contributed by atoms with Crippen LogP contribution in [0.3, 0.4) is 0 Å². The van der Waals surface area contributed by atoms with E-state index >= 15 is 0 Å². The molecule has 0 saturated heterocycles. The highest BCUT2D eigenvalue weighted by Crippen LogP contribution is 2.08. The van der Waals surface area contributed by atoms with Gasteiger partial charge in [0.1, 0.15) is 0 Å². The molecule has 0 aromatic carbocycles. The summed E-state index contributed by atoms with van der Waals surface area (Å²) in [5, 5.41) is 3.61. The van der Waals surface area contributed by atoms with Crippen molar-refractivity contribution in [2.75, 3.05) is 0 Å². The zero-order valence-corrected chi connectivity index (χ0v) is 6.53. The van der Waals surface area contributed by atoms with E-state index < -0.39 is 12.5 Å². The molecule has 1 aromatic rings. The number of hydrogen-bond donors (Lipinski definition) is 0. The first-order valence-electron chi connectivity index (χ1n) is 4.92. The fraction of sp³-hybridized carbons (Fsp3) is 0.500. The van der Waals surface area contributed by atoms with Crippen LogP contribution in [0.15, 0.2) is 17.1 Å². The molecule has 0 N–H and O–H groups in total. The van der Waals surface area contributed by atoms with Crippen LogP contribution in [0.2, 0.25) is 0 Å². The van der Waals surface area contributed by atoms with E-state index in [0.29, 0.717) is 4.68 Å². The van der Waals surface area contributed by atoms with Crippen molar-refractivity contribution in [2.45, 2.75) is 19.8 Å². The standard InChI is InChI=1S/C8H12N2O/c1-6(2)7-4-8(11)10(3)9-5-7/h4-6H,1-3H3/i3D3. The lowest BCUT2D eigenvalue weighted by molar-refractivity contribution is 0.689. The topological polar surface area (TPSA) is 34.9 Å². The lowest BCUT2D eigenvalue weighted by Gasteiger charge is -2.03. The molecule has 0 bridgehead atoms. The van der Waals surface area contributed by atoms with Crippen molar-refractivity contribution in [2.24, 2.45) is 6.98 Å². The predicted octanol–water partition coefficient (Wildman–Crippen LogP) is 0.904. The van der Waals surface area contributed by atoms with Gasteiger partial charge < -0.3 is 0 Å². The second-order valence-electron chi connectivity index (χ2n) is 2.69. The van der Waals surface area contributed by atoms with Crippen LogP contribution in [0.25, 0.3) is 0 Å². The monoisotopic (exact) mass is 155 g/mol. The zero-order chi connectivity index (χ0) is 10.9. The number of rotatable bonds is 1. The van der Waals surface area contributed by atoms with Crippen LogP contribution in [-0.4, -0.2) is 9.78 Å². The summed E-state index contributed by atoms with van der Waals surface area (Å²) in [6.45, 7) is 1.33. The van der Waals surface area contributed by atoms with Crippen LogP contribution >= 0.6 is 0 Å². The van der Waals surface area contributed by atoms with E-state index in [1.165, 1.54) is 12.3 Å². The average Bonchev–Trinajstić information content (AvgIpc) is 2.01. The number of aryl methyl sites for hydroxylation is 1. The van der Waals surface area contributed by atoms with Gasteiger partial charge in [-0.1, -0.05) is 13.8 Å². The summed E-state index contributed by atoms with van der Waals surface area (Å²) in [5.74, 6) is 0.168. The molecule has 3 heteroatoms. The van der Waals surface area contributed by atoms with Gasteiger partial charge in [0.2, 0.25) is 0 Å². The molecule has 0 amide bonds. The molecular formula is C8H12N2O. The van der Waals surface area contributed by atoms with Crippen molar-refractivity contribution in [3.63, 3.8) is 0 Å². The van der Waals surface area contributed by atoms with Gasteiger partial charge in [-0.05, 0) is 11.5 Å². The second kappa shape index (κ2) is 2.86. The quantitative estimate of drug-likeness (QED) is 0.604. The second-order valence-corrected chi connectivity index (χ2v) is 2.69. The molecule has 0 aliphatic carbocycles. The highest BCUT2D eigenvalue weighted by molar-refractivity contribution is 5.10. The van der Waals surface area contributed by atoms with Crippen LogP contribution < -0.4 is 5.56 Å². The van der Waals surface area contributed by atoms with E-state index in [1.54, 1.807) is 0 Å². The van der Waals surface area contributed by atoms with Crippen molar-refractivity contribution in [3.05, 3.63) is 28.2 Å². The third-order valence-corrected chi connectivity index (χ3v) is 1.49. The van der Waals surface area contributed by atoms with E-state index in [1.807, 2.05) is 13.8 Å². The highest BCUT2D eigenvalue weighted by atomic mass is 16.1. The Bertz CT molecular complexity index is 381. The van der Waals surface area contributed by atoms with Crippen LogP contribution in [0.4, 0.5) is 0 Å². The average molecular weight is 155 g/mol. The zero-order valence-electron chi connectivity index (χ0n) is 9.53. The molecule has 1 aromatic heterocycles. The summed E-state index contributed by atoms with van der Waals surface area (Å²) in [6.07, 6.45) is 1.42. The Hall–Kier alpha value is -1.12. The van der Waals surface area contributed by atoms with E-state index in [9.17, 15) is 4.79 Å². The summed E-state index contributed by atoms with van der Waals surface area (Å²) in [6, 6.07) is 1.31. The van der Waals surface area contributed by atoms with Crippen molar-refractivity contribution in [3.8, 4) is 0 Å². The van der Waals surface area contributed by atoms with Gasteiger partial charge in [-0.15, -0.1) is 0 Å². The molecule has 0 fully saturated rings. The SMILES string of the molecule is [2H]C([2H])([2H])n1ncc(C(C)C)cc1=O. The fourth-order valence-corrected chi connectivity index (χ4v) is 0.738. The summed E-state index contributed by atoms with van der Waals surface area (Å²) in [7, 11) is 0. The molecule has 0 aliphatic rings. The van der Waals surface area contributed by atoms with Gasteiger partial charge in [-0.2, -0.15) is 5.10 Å². The molecule has 0 aliphatic heterocycles. The third-order valence-electron chi connectivity index (χ3n) is 1.49. The van der Waals surface area contributed by atoms with Crippen molar-refractivity contribution in [1.82, 2.24) is 9.78 Å².